The molecule has 8 heteroatoms. The zero-order valence-corrected chi connectivity index (χ0v) is 16.6. The SMILES string of the molecule is CCNC(=O)c1cccc(NC(=O)COC(=O)/C=C/c2cc(Br)ccc2F)c1. The predicted octanol–water partition coefficient (Wildman–Crippen LogP) is 3.53. The van der Waals surface area contributed by atoms with Crippen LogP contribution in [-0.2, 0) is 14.3 Å². The lowest BCUT2D eigenvalue weighted by atomic mass is 10.2. The fraction of sp³-hybridized carbons (Fsp3) is 0.150. The molecule has 2 aromatic carbocycles. The van der Waals surface area contributed by atoms with Gasteiger partial charge in [0.25, 0.3) is 11.8 Å². The number of nitrogens with one attached hydrogen (secondary N) is 2. The highest BCUT2D eigenvalue weighted by atomic mass is 79.9. The van der Waals surface area contributed by atoms with Crippen molar-refractivity contribution in [2.75, 3.05) is 18.5 Å². The molecule has 0 saturated heterocycles. The number of ether oxygens (including phenoxy) is 1. The number of benzene rings is 2. The van der Waals surface area contributed by atoms with Crippen LogP contribution in [0.3, 0.4) is 0 Å². The average molecular weight is 449 g/mol. The average Bonchev–Trinajstić information content (AvgIpc) is 2.67. The van der Waals surface area contributed by atoms with Gasteiger partial charge in [-0.2, -0.15) is 0 Å². The van der Waals surface area contributed by atoms with Crippen molar-refractivity contribution in [3.05, 3.63) is 70.0 Å². The van der Waals surface area contributed by atoms with Crippen molar-refractivity contribution in [2.24, 2.45) is 0 Å². The number of rotatable bonds is 7. The summed E-state index contributed by atoms with van der Waals surface area (Å²) in [5, 5.41) is 5.20. The molecule has 0 aliphatic carbocycles. The van der Waals surface area contributed by atoms with Crippen molar-refractivity contribution in [1.29, 1.82) is 0 Å². The van der Waals surface area contributed by atoms with Crippen LogP contribution in [0.4, 0.5) is 10.1 Å². The first-order valence-electron chi connectivity index (χ1n) is 8.37. The molecular formula is C20H18BrFN2O4. The standard InChI is InChI=1S/C20H18BrFN2O4/c1-2-23-20(27)14-4-3-5-16(11-14)24-18(25)12-28-19(26)9-6-13-10-15(21)7-8-17(13)22/h3-11H,2,12H2,1H3,(H,23,27)(H,24,25)/b9-6+. The van der Waals surface area contributed by atoms with Crippen LogP contribution < -0.4 is 10.6 Å². The molecule has 146 valence electrons. The normalized spacial score (nSPS) is 10.5. The third-order valence-electron chi connectivity index (χ3n) is 3.45. The van der Waals surface area contributed by atoms with E-state index >= 15 is 0 Å². The zero-order chi connectivity index (χ0) is 20.5. The summed E-state index contributed by atoms with van der Waals surface area (Å²) in [4.78, 5) is 35.4. The van der Waals surface area contributed by atoms with E-state index in [-0.39, 0.29) is 11.5 Å². The summed E-state index contributed by atoms with van der Waals surface area (Å²) in [5.74, 6) is -2.10. The maximum Gasteiger partial charge on any atom is 0.331 e. The monoisotopic (exact) mass is 448 g/mol. The molecule has 2 N–H and O–H groups in total. The van der Waals surface area contributed by atoms with Crippen molar-refractivity contribution in [3.63, 3.8) is 0 Å². The highest BCUT2D eigenvalue weighted by Gasteiger charge is 2.09. The summed E-state index contributed by atoms with van der Waals surface area (Å²) in [6.45, 7) is 1.77. The van der Waals surface area contributed by atoms with Gasteiger partial charge in [-0.15, -0.1) is 0 Å². The van der Waals surface area contributed by atoms with Crippen molar-refractivity contribution in [2.45, 2.75) is 6.92 Å². The van der Waals surface area contributed by atoms with E-state index in [1.807, 2.05) is 0 Å². The third-order valence-corrected chi connectivity index (χ3v) is 3.94. The van der Waals surface area contributed by atoms with Gasteiger partial charge in [0.2, 0.25) is 0 Å². The lowest BCUT2D eigenvalue weighted by Gasteiger charge is -2.07. The molecule has 2 rings (SSSR count). The van der Waals surface area contributed by atoms with E-state index in [0.29, 0.717) is 22.3 Å². The van der Waals surface area contributed by atoms with Gasteiger partial charge in [-0.1, -0.05) is 22.0 Å². The second kappa shape index (κ2) is 10.4. The lowest BCUT2D eigenvalue weighted by Crippen LogP contribution is -2.23. The topological polar surface area (TPSA) is 84.5 Å². The Labute approximate surface area is 169 Å². The van der Waals surface area contributed by atoms with E-state index < -0.39 is 24.3 Å². The molecule has 0 spiro atoms. The minimum Gasteiger partial charge on any atom is -0.452 e. The van der Waals surface area contributed by atoms with Gasteiger partial charge in [0, 0.05) is 33.9 Å². The van der Waals surface area contributed by atoms with Crippen LogP contribution in [0.15, 0.2) is 53.0 Å². The molecule has 0 fully saturated rings. The number of hydrogen-bond acceptors (Lipinski definition) is 4. The Balaban J connectivity index is 1.87. The van der Waals surface area contributed by atoms with E-state index in [1.54, 1.807) is 25.1 Å². The second-order valence-corrected chi connectivity index (χ2v) is 6.51. The van der Waals surface area contributed by atoms with Gasteiger partial charge in [-0.25, -0.2) is 9.18 Å². The number of esters is 1. The maximum absolute atomic E-state index is 13.6. The van der Waals surface area contributed by atoms with E-state index in [2.05, 4.69) is 26.6 Å². The third kappa shape index (κ3) is 6.62. The Morgan fingerprint density at radius 3 is 2.71 bits per heavy atom. The van der Waals surface area contributed by atoms with Crippen molar-refractivity contribution >= 4 is 45.5 Å². The molecular weight excluding hydrogens is 431 g/mol. The molecule has 0 radical (unpaired) electrons. The van der Waals surface area contributed by atoms with E-state index in [1.165, 1.54) is 30.3 Å². The van der Waals surface area contributed by atoms with Gasteiger partial charge in [0.15, 0.2) is 6.61 Å². The number of anilines is 1. The summed E-state index contributed by atoms with van der Waals surface area (Å²) in [6, 6.07) is 10.7. The molecule has 0 heterocycles. The molecule has 0 bridgehead atoms. The van der Waals surface area contributed by atoms with Gasteiger partial charge in [0.1, 0.15) is 5.82 Å². The fourth-order valence-electron chi connectivity index (χ4n) is 2.18. The highest BCUT2D eigenvalue weighted by molar-refractivity contribution is 9.10. The van der Waals surface area contributed by atoms with E-state index in [9.17, 15) is 18.8 Å². The van der Waals surface area contributed by atoms with Crippen molar-refractivity contribution in [3.8, 4) is 0 Å². The first-order valence-corrected chi connectivity index (χ1v) is 9.16. The summed E-state index contributed by atoms with van der Waals surface area (Å²) in [6.07, 6.45) is 2.30. The number of hydrogen-bond donors (Lipinski definition) is 2. The van der Waals surface area contributed by atoms with Gasteiger partial charge >= 0.3 is 5.97 Å². The van der Waals surface area contributed by atoms with Crippen LogP contribution >= 0.6 is 15.9 Å². The van der Waals surface area contributed by atoms with Gasteiger partial charge in [0.05, 0.1) is 0 Å². The Hall–Kier alpha value is -3.00. The van der Waals surface area contributed by atoms with Crippen LogP contribution in [0.1, 0.15) is 22.8 Å². The van der Waals surface area contributed by atoms with Gasteiger partial charge < -0.3 is 15.4 Å². The minimum absolute atomic E-state index is 0.206. The number of carbonyl (C=O) groups excluding carboxylic acids is 3. The maximum atomic E-state index is 13.6. The van der Waals surface area contributed by atoms with E-state index in [0.717, 1.165) is 6.08 Å². The van der Waals surface area contributed by atoms with Gasteiger partial charge in [-0.05, 0) is 49.4 Å². The molecule has 0 aliphatic heterocycles. The molecule has 0 aliphatic rings. The molecule has 0 aromatic heterocycles. The molecule has 0 saturated carbocycles. The van der Waals surface area contributed by atoms with Crippen molar-refractivity contribution < 1.29 is 23.5 Å². The summed E-state index contributed by atoms with van der Waals surface area (Å²) < 4.78 is 19.1. The first kappa shape index (κ1) is 21.3. The second-order valence-electron chi connectivity index (χ2n) is 5.60. The number of amides is 2. The van der Waals surface area contributed by atoms with Crippen LogP contribution in [0, 0.1) is 5.82 Å². The van der Waals surface area contributed by atoms with Crippen LogP contribution in [-0.4, -0.2) is 30.9 Å². The van der Waals surface area contributed by atoms with Crippen LogP contribution in [0.25, 0.3) is 6.08 Å². The van der Waals surface area contributed by atoms with E-state index in [4.69, 9.17) is 4.74 Å². The van der Waals surface area contributed by atoms with Crippen LogP contribution in [0.2, 0.25) is 0 Å². The molecule has 28 heavy (non-hydrogen) atoms. The fourth-order valence-corrected chi connectivity index (χ4v) is 2.56. The number of halogens is 2. The largest absolute Gasteiger partial charge is 0.452 e. The molecule has 0 atom stereocenters. The Morgan fingerprint density at radius 2 is 1.96 bits per heavy atom. The minimum atomic E-state index is -0.786. The Bertz CT molecular complexity index is 915. The summed E-state index contributed by atoms with van der Waals surface area (Å²) in [7, 11) is 0. The quantitative estimate of drug-likeness (QED) is 0.501. The molecule has 2 aromatic rings. The zero-order valence-electron chi connectivity index (χ0n) is 15.0. The van der Waals surface area contributed by atoms with Crippen LogP contribution in [0.5, 0.6) is 0 Å². The smallest absolute Gasteiger partial charge is 0.331 e. The molecule has 6 nitrogen and oxygen atoms in total. The first-order chi connectivity index (χ1) is 13.4. The lowest BCUT2D eigenvalue weighted by molar-refractivity contribution is -0.142. The summed E-state index contributed by atoms with van der Waals surface area (Å²) in [5.41, 5.74) is 1.00. The molecule has 0 unspecified atom stereocenters. The Morgan fingerprint density at radius 1 is 1.18 bits per heavy atom. The highest BCUT2D eigenvalue weighted by Crippen LogP contribution is 2.16. The van der Waals surface area contributed by atoms with Gasteiger partial charge in [-0.3, -0.25) is 9.59 Å². The Kier molecular flexibility index (Phi) is 7.88. The van der Waals surface area contributed by atoms with Crippen molar-refractivity contribution in [1.82, 2.24) is 5.32 Å². The summed E-state index contributed by atoms with van der Waals surface area (Å²) >= 11 is 3.21. The predicted molar refractivity (Wildman–Crippen MR) is 107 cm³/mol. The number of carbonyl (C=O) groups is 3. The molecule has 2 amide bonds.